The van der Waals surface area contributed by atoms with Crippen LogP contribution in [0.4, 0.5) is 4.39 Å². The normalized spacial score (nSPS) is 10.7. The molecule has 0 aliphatic rings. The molecule has 0 aliphatic heterocycles. The van der Waals surface area contributed by atoms with Gasteiger partial charge in [-0.15, -0.1) is 11.3 Å². The van der Waals surface area contributed by atoms with Gasteiger partial charge in [-0.25, -0.2) is 9.37 Å². The van der Waals surface area contributed by atoms with E-state index >= 15 is 0 Å². The predicted octanol–water partition coefficient (Wildman–Crippen LogP) is 3.10. The van der Waals surface area contributed by atoms with Gasteiger partial charge in [0.25, 0.3) is 5.91 Å². The standard InChI is InChI=1S/C15H17FN2O2S/c1-10(2)15-18-12(9-21-15)7-17-14(19)8-20-13-5-3-4-11(16)6-13/h3-6,9-10H,7-8H2,1-2H3,(H,17,19). The molecule has 1 aromatic carbocycles. The lowest BCUT2D eigenvalue weighted by molar-refractivity contribution is -0.123. The summed E-state index contributed by atoms with van der Waals surface area (Å²) in [4.78, 5) is 16.1. The molecule has 0 radical (unpaired) electrons. The van der Waals surface area contributed by atoms with E-state index in [0.717, 1.165) is 10.7 Å². The third kappa shape index (κ3) is 4.82. The Balaban J connectivity index is 1.76. The number of benzene rings is 1. The van der Waals surface area contributed by atoms with E-state index in [1.807, 2.05) is 5.38 Å². The maximum Gasteiger partial charge on any atom is 0.258 e. The van der Waals surface area contributed by atoms with Crippen molar-refractivity contribution in [2.45, 2.75) is 26.3 Å². The van der Waals surface area contributed by atoms with Crippen molar-refractivity contribution in [1.82, 2.24) is 10.3 Å². The van der Waals surface area contributed by atoms with E-state index in [0.29, 0.717) is 18.2 Å². The number of carbonyl (C=O) groups is 1. The molecule has 0 bridgehead atoms. The van der Waals surface area contributed by atoms with E-state index < -0.39 is 5.82 Å². The maximum atomic E-state index is 12.9. The van der Waals surface area contributed by atoms with Crippen LogP contribution in [-0.2, 0) is 11.3 Å². The van der Waals surface area contributed by atoms with Crippen LogP contribution < -0.4 is 10.1 Å². The molecule has 0 unspecified atom stereocenters. The summed E-state index contributed by atoms with van der Waals surface area (Å²) in [5.74, 6) is 0.0617. The van der Waals surface area contributed by atoms with Crippen LogP contribution in [0, 0.1) is 5.82 Å². The molecule has 1 amide bonds. The van der Waals surface area contributed by atoms with Crippen LogP contribution in [0.15, 0.2) is 29.6 Å². The Bertz CT molecular complexity index is 613. The molecule has 0 fully saturated rings. The second-order valence-electron chi connectivity index (χ2n) is 4.85. The van der Waals surface area contributed by atoms with Gasteiger partial charge in [-0.3, -0.25) is 4.79 Å². The minimum absolute atomic E-state index is 0.148. The summed E-state index contributed by atoms with van der Waals surface area (Å²) in [6.45, 7) is 4.38. The number of hydrogen-bond acceptors (Lipinski definition) is 4. The van der Waals surface area contributed by atoms with Gasteiger partial charge in [0.2, 0.25) is 0 Å². The smallest absolute Gasteiger partial charge is 0.258 e. The van der Waals surface area contributed by atoms with Crippen molar-refractivity contribution in [2.24, 2.45) is 0 Å². The van der Waals surface area contributed by atoms with Gasteiger partial charge in [-0.1, -0.05) is 19.9 Å². The van der Waals surface area contributed by atoms with E-state index in [-0.39, 0.29) is 12.5 Å². The Hall–Kier alpha value is -1.95. The van der Waals surface area contributed by atoms with E-state index in [1.54, 1.807) is 17.4 Å². The van der Waals surface area contributed by atoms with Gasteiger partial charge in [0, 0.05) is 17.4 Å². The first-order chi connectivity index (χ1) is 10.0. The van der Waals surface area contributed by atoms with Crippen LogP contribution in [0.25, 0.3) is 0 Å². The van der Waals surface area contributed by atoms with Crippen molar-refractivity contribution in [2.75, 3.05) is 6.61 Å². The van der Waals surface area contributed by atoms with Crippen LogP contribution in [0.3, 0.4) is 0 Å². The molecule has 1 heterocycles. The monoisotopic (exact) mass is 308 g/mol. The van der Waals surface area contributed by atoms with Crippen molar-refractivity contribution in [1.29, 1.82) is 0 Å². The molecule has 0 atom stereocenters. The van der Waals surface area contributed by atoms with Gasteiger partial charge in [0.1, 0.15) is 11.6 Å². The highest BCUT2D eigenvalue weighted by atomic mass is 32.1. The number of halogens is 1. The van der Waals surface area contributed by atoms with Gasteiger partial charge in [-0.05, 0) is 12.1 Å². The number of nitrogens with zero attached hydrogens (tertiary/aromatic N) is 1. The van der Waals surface area contributed by atoms with E-state index in [9.17, 15) is 9.18 Å². The summed E-state index contributed by atoms with van der Waals surface area (Å²) in [5.41, 5.74) is 0.836. The third-order valence-electron chi connectivity index (χ3n) is 2.70. The fourth-order valence-corrected chi connectivity index (χ4v) is 2.45. The Morgan fingerprint density at radius 1 is 1.48 bits per heavy atom. The molecule has 2 rings (SSSR count). The predicted molar refractivity (Wildman–Crippen MR) is 79.9 cm³/mol. The second-order valence-corrected chi connectivity index (χ2v) is 5.74. The molecule has 6 heteroatoms. The maximum absolute atomic E-state index is 12.9. The number of aromatic nitrogens is 1. The van der Waals surface area contributed by atoms with Crippen molar-refractivity contribution in [3.05, 3.63) is 46.2 Å². The number of amides is 1. The van der Waals surface area contributed by atoms with E-state index in [4.69, 9.17) is 4.74 Å². The van der Waals surface area contributed by atoms with Crippen LogP contribution in [0.5, 0.6) is 5.75 Å². The summed E-state index contributed by atoms with van der Waals surface area (Å²) in [5, 5.41) is 5.71. The first-order valence-electron chi connectivity index (χ1n) is 6.64. The second kappa shape index (κ2) is 7.17. The fourth-order valence-electron chi connectivity index (χ4n) is 1.61. The Morgan fingerprint density at radius 3 is 2.95 bits per heavy atom. The molecule has 0 saturated carbocycles. The van der Waals surface area contributed by atoms with Crippen LogP contribution in [-0.4, -0.2) is 17.5 Å². The van der Waals surface area contributed by atoms with Crippen LogP contribution in [0.1, 0.15) is 30.5 Å². The van der Waals surface area contributed by atoms with E-state index in [2.05, 4.69) is 24.1 Å². The largest absolute Gasteiger partial charge is 0.484 e. The van der Waals surface area contributed by atoms with E-state index in [1.165, 1.54) is 18.2 Å². The number of hydrogen-bond donors (Lipinski definition) is 1. The molecule has 2 aromatic rings. The highest BCUT2D eigenvalue weighted by Crippen LogP contribution is 2.18. The van der Waals surface area contributed by atoms with Crippen LogP contribution >= 0.6 is 11.3 Å². The van der Waals surface area contributed by atoms with Crippen molar-refractivity contribution in [3.8, 4) is 5.75 Å². The summed E-state index contributed by atoms with van der Waals surface area (Å²) < 4.78 is 18.2. The first-order valence-corrected chi connectivity index (χ1v) is 7.52. The van der Waals surface area contributed by atoms with Gasteiger partial charge < -0.3 is 10.1 Å². The molecule has 0 saturated heterocycles. The van der Waals surface area contributed by atoms with Gasteiger partial charge in [-0.2, -0.15) is 0 Å². The first kappa shape index (κ1) is 15.4. The van der Waals surface area contributed by atoms with Gasteiger partial charge in [0.05, 0.1) is 17.2 Å². The summed E-state index contributed by atoms with van der Waals surface area (Å²) >= 11 is 1.59. The topological polar surface area (TPSA) is 51.2 Å². The molecular weight excluding hydrogens is 291 g/mol. The zero-order valence-electron chi connectivity index (χ0n) is 11.9. The summed E-state index contributed by atoms with van der Waals surface area (Å²) in [7, 11) is 0. The zero-order chi connectivity index (χ0) is 15.2. The Labute approximate surface area is 127 Å². The number of ether oxygens (including phenoxy) is 1. The molecular formula is C15H17FN2O2S. The molecule has 0 spiro atoms. The summed E-state index contributed by atoms with van der Waals surface area (Å²) in [6.07, 6.45) is 0. The molecule has 21 heavy (non-hydrogen) atoms. The summed E-state index contributed by atoms with van der Waals surface area (Å²) in [6, 6.07) is 5.70. The molecule has 112 valence electrons. The number of nitrogens with one attached hydrogen (secondary N) is 1. The molecule has 1 aromatic heterocycles. The zero-order valence-corrected chi connectivity index (χ0v) is 12.7. The van der Waals surface area contributed by atoms with Gasteiger partial charge in [0.15, 0.2) is 6.61 Å². The van der Waals surface area contributed by atoms with Crippen molar-refractivity contribution >= 4 is 17.2 Å². The highest BCUT2D eigenvalue weighted by Gasteiger charge is 2.08. The SMILES string of the molecule is CC(C)c1nc(CNC(=O)COc2cccc(F)c2)cs1. The Kier molecular flexibility index (Phi) is 5.27. The van der Waals surface area contributed by atoms with Gasteiger partial charge >= 0.3 is 0 Å². The number of rotatable bonds is 6. The Morgan fingerprint density at radius 2 is 2.29 bits per heavy atom. The minimum Gasteiger partial charge on any atom is -0.484 e. The average Bonchev–Trinajstić information content (AvgIpc) is 2.92. The average molecular weight is 308 g/mol. The van der Waals surface area contributed by atoms with Crippen molar-refractivity contribution < 1.29 is 13.9 Å². The molecule has 0 aliphatic carbocycles. The third-order valence-corrected chi connectivity index (χ3v) is 3.89. The molecule has 4 nitrogen and oxygen atoms in total. The molecule has 1 N–H and O–H groups in total. The fraction of sp³-hybridized carbons (Fsp3) is 0.333. The highest BCUT2D eigenvalue weighted by molar-refractivity contribution is 7.09. The lowest BCUT2D eigenvalue weighted by atomic mass is 10.2. The lowest BCUT2D eigenvalue weighted by Crippen LogP contribution is -2.28. The number of thiazole rings is 1. The minimum atomic E-state index is -0.392. The number of carbonyl (C=O) groups excluding carboxylic acids is 1. The lowest BCUT2D eigenvalue weighted by Gasteiger charge is -2.06. The van der Waals surface area contributed by atoms with Crippen LogP contribution in [0.2, 0.25) is 0 Å². The van der Waals surface area contributed by atoms with Crippen molar-refractivity contribution in [3.63, 3.8) is 0 Å². The quantitative estimate of drug-likeness (QED) is 0.892.